The number of carboxylic acids is 1. The van der Waals surface area contributed by atoms with Crippen molar-refractivity contribution in [2.75, 3.05) is 13.7 Å². The number of aromatic hydroxyl groups is 1. The van der Waals surface area contributed by atoms with Crippen LogP contribution in [0.5, 0.6) is 23.0 Å². The number of aliphatic hydroxyl groups excluding tert-OH is 1. The molecular weight excluding hydrogens is 316 g/mol. The summed E-state index contributed by atoms with van der Waals surface area (Å²) in [6.07, 6.45) is -1.36. The Bertz CT molecular complexity index is 772. The lowest BCUT2D eigenvalue weighted by Crippen LogP contribution is -2.36. The Labute approximate surface area is 137 Å². The van der Waals surface area contributed by atoms with E-state index < -0.39 is 18.2 Å². The molecule has 1 aliphatic rings. The predicted molar refractivity (Wildman–Crippen MR) is 82.9 cm³/mol. The van der Waals surface area contributed by atoms with E-state index in [-0.39, 0.29) is 29.4 Å². The van der Waals surface area contributed by atoms with Crippen molar-refractivity contribution in [3.63, 3.8) is 0 Å². The van der Waals surface area contributed by atoms with Crippen LogP contribution in [0.25, 0.3) is 0 Å². The molecular formula is C17H16O7. The van der Waals surface area contributed by atoms with Crippen molar-refractivity contribution in [1.82, 2.24) is 0 Å². The summed E-state index contributed by atoms with van der Waals surface area (Å²) in [5.74, 6) is -0.198. The van der Waals surface area contributed by atoms with Crippen LogP contribution in [-0.4, -0.2) is 41.1 Å². The molecule has 7 heteroatoms. The summed E-state index contributed by atoms with van der Waals surface area (Å²) < 4.78 is 16.7. The highest BCUT2D eigenvalue weighted by atomic mass is 16.6. The zero-order valence-corrected chi connectivity index (χ0v) is 12.8. The third kappa shape index (κ3) is 2.81. The molecule has 0 unspecified atom stereocenters. The molecule has 126 valence electrons. The molecule has 0 bridgehead atoms. The minimum absolute atomic E-state index is 0.0212. The van der Waals surface area contributed by atoms with Crippen LogP contribution in [-0.2, 0) is 0 Å². The Morgan fingerprint density at radius 2 is 1.96 bits per heavy atom. The molecule has 1 heterocycles. The number of carbonyl (C=O) groups is 1. The lowest BCUT2D eigenvalue weighted by Gasteiger charge is -2.33. The first-order chi connectivity index (χ1) is 11.5. The van der Waals surface area contributed by atoms with Gasteiger partial charge in [0.1, 0.15) is 0 Å². The standard InChI is InChI=1S/C17H16O7/c1-22-13-6-9(2-4-11(13)19)16-15(8-18)23-12-5-3-10(17(20)21)7-14(12)24-16/h2-7,15-16,18-19H,8H2,1H3,(H,20,21)/t15-,16-/m0/s1. The third-order valence-corrected chi connectivity index (χ3v) is 3.77. The number of aromatic carboxylic acids is 1. The van der Waals surface area contributed by atoms with Gasteiger partial charge in [-0.2, -0.15) is 0 Å². The summed E-state index contributed by atoms with van der Waals surface area (Å²) in [5.41, 5.74) is 0.692. The zero-order valence-electron chi connectivity index (χ0n) is 12.8. The number of aliphatic hydroxyl groups is 1. The number of ether oxygens (including phenoxy) is 3. The lowest BCUT2D eigenvalue weighted by molar-refractivity contribution is -0.0125. The Morgan fingerprint density at radius 1 is 1.17 bits per heavy atom. The number of benzene rings is 2. The van der Waals surface area contributed by atoms with E-state index in [9.17, 15) is 15.0 Å². The SMILES string of the molecule is COc1cc([C@@H]2Oc3cc(C(=O)O)ccc3O[C@H]2CO)ccc1O. The van der Waals surface area contributed by atoms with Gasteiger partial charge in [-0.05, 0) is 30.3 Å². The number of carboxylic acid groups (broad SMARTS) is 1. The number of fused-ring (bicyclic) bond motifs is 1. The Balaban J connectivity index is 1.99. The van der Waals surface area contributed by atoms with E-state index in [0.717, 1.165) is 0 Å². The average molecular weight is 332 g/mol. The molecule has 0 saturated heterocycles. The second-order valence-corrected chi connectivity index (χ2v) is 5.28. The average Bonchev–Trinajstić information content (AvgIpc) is 2.60. The molecule has 7 nitrogen and oxygen atoms in total. The number of phenolic OH excluding ortho intramolecular Hbond substituents is 1. The van der Waals surface area contributed by atoms with Crippen LogP contribution in [0.3, 0.4) is 0 Å². The molecule has 0 spiro atoms. The van der Waals surface area contributed by atoms with Crippen LogP contribution in [0, 0.1) is 0 Å². The third-order valence-electron chi connectivity index (χ3n) is 3.77. The molecule has 3 N–H and O–H groups in total. The minimum atomic E-state index is -1.08. The fraction of sp³-hybridized carbons (Fsp3) is 0.235. The van der Waals surface area contributed by atoms with Crippen molar-refractivity contribution in [2.45, 2.75) is 12.2 Å². The van der Waals surface area contributed by atoms with Gasteiger partial charge in [-0.25, -0.2) is 4.79 Å². The van der Waals surface area contributed by atoms with Crippen LogP contribution >= 0.6 is 0 Å². The van der Waals surface area contributed by atoms with Crippen LogP contribution in [0.15, 0.2) is 36.4 Å². The van der Waals surface area contributed by atoms with Gasteiger partial charge in [-0.15, -0.1) is 0 Å². The maximum atomic E-state index is 11.1. The minimum Gasteiger partial charge on any atom is -0.504 e. The number of phenols is 1. The van der Waals surface area contributed by atoms with E-state index in [1.54, 1.807) is 12.1 Å². The van der Waals surface area contributed by atoms with Crippen LogP contribution in [0.2, 0.25) is 0 Å². The van der Waals surface area contributed by atoms with Gasteiger partial charge in [-0.1, -0.05) is 6.07 Å². The Morgan fingerprint density at radius 3 is 2.62 bits per heavy atom. The van der Waals surface area contributed by atoms with E-state index in [4.69, 9.17) is 19.3 Å². The molecule has 2 aromatic rings. The highest BCUT2D eigenvalue weighted by Gasteiger charge is 2.33. The topological polar surface area (TPSA) is 105 Å². The molecule has 0 aliphatic carbocycles. The molecule has 0 aromatic heterocycles. The van der Waals surface area contributed by atoms with Gasteiger partial charge in [0.2, 0.25) is 0 Å². The summed E-state index contributed by atoms with van der Waals surface area (Å²) in [6.45, 7) is -0.298. The van der Waals surface area contributed by atoms with Crippen LogP contribution in [0.4, 0.5) is 0 Å². The maximum absolute atomic E-state index is 11.1. The van der Waals surface area contributed by atoms with Crippen molar-refractivity contribution in [3.05, 3.63) is 47.5 Å². The van der Waals surface area contributed by atoms with Gasteiger partial charge in [0, 0.05) is 5.56 Å². The predicted octanol–water partition coefficient (Wildman–Crippen LogP) is 1.97. The van der Waals surface area contributed by atoms with Gasteiger partial charge < -0.3 is 29.5 Å². The van der Waals surface area contributed by atoms with E-state index in [1.807, 2.05) is 0 Å². The van der Waals surface area contributed by atoms with E-state index in [0.29, 0.717) is 11.3 Å². The van der Waals surface area contributed by atoms with Gasteiger partial charge in [-0.3, -0.25) is 0 Å². The van der Waals surface area contributed by atoms with E-state index in [1.165, 1.54) is 31.4 Å². The van der Waals surface area contributed by atoms with E-state index in [2.05, 4.69) is 0 Å². The first-order valence-corrected chi connectivity index (χ1v) is 7.22. The summed E-state index contributed by atoms with van der Waals surface area (Å²) in [4.78, 5) is 11.1. The smallest absolute Gasteiger partial charge is 0.335 e. The van der Waals surface area contributed by atoms with Crippen molar-refractivity contribution in [3.8, 4) is 23.0 Å². The highest BCUT2D eigenvalue weighted by Crippen LogP contribution is 2.41. The lowest BCUT2D eigenvalue weighted by atomic mass is 10.0. The molecule has 0 fully saturated rings. The number of hydrogen-bond acceptors (Lipinski definition) is 6. The van der Waals surface area contributed by atoms with Gasteiger partial charge in [0.25, 0.3) is 0 Å². The summed E-state index contributed by atoms with van der Waals surface area (Å²) in [6, 6.07) is 8.93. The first kappa shape index (κ1) is 15.9. The molecule has 2 aromatic carbocycles. The van der Waals surface area contributed by atoms with Gasteiger partial charge in [0.05, 0.1) is 19.3 Å². The monoisotopic (exact) mass is 332 g/mol. The summed E-state index contributed by atoms with van der Waals surface area (Å²) in [7, 11) is 1.43. The quantitative estimate of drug-likeness (QED) is 0.786. The maximum Gasteiger partial charge on any atom is 0.335 e. The molecule has 24 heavy (non-hydrogen) atoms. The second kappa shape index (κ2) is 6.29. The molecule has 0 radical (unpaired) electrons. The number of rotatable bonds is 4. The molecule has 0 amide bonds. The van der Waals surface area contributed by atoms with Crippen molar-refractivity contribution in [1.29, 1.82) is 0 Å². The number of hydrogen-bond donors (Lipinski definition) is 3. The largest absolute Gasteiger partial charge is 0.504 e. The molecule has 3 rings (SSSR count). The fourth-order valence-corrected chi connectivity index (χ4v) is 2.56. The Hall–Kier alpha value is -2.93. The summed E-state index contributed by atoms with van der Waals surface area (Å²) in [5, 5.41) is 28.4. The highest BCUT2D eigenvalue weighted by molar-refractivity contribution is 5.88. The van der Waals surface area contributed by atoms with Crippen molar-refractivity contribution < 1.29 is 34.3 Å². The molecule has 1 aliphatic heterocycles. The first-order valence-electron chi connectivity index (χ1n) is 7.22. The van der Waals surface area contributed by atoms with Crippen molar-refractivity contribution in [2.24, 2.45) is 0 Å². The van der Waals surface area contributed by atoms with Crippen molar-refractivity contribution >= 4 is 5.97 Å². The normalized spacial score (nSPS) is 18.9. The molecule has 2 atom stereocenters. The van der Waals surface area contributed by atoms with Crippen LogP contribution in [0.1, 0.15) is 22.0 Å². The fourth-order valence-electron chi connectivity index (χ4n) is 2.56. The van der Waals surface area contributed by atoms with Crippen LogP contribution < -0.4 is 14.2 Å². The summed E-state index contributed by atoms with van der Waals surface area (Å²) >= 11 is 0. The van der Waals surface area contributed by atoms with E-state index >= 15 is 0 Å². The number of methoxy groups -OCH3 is 1. The second-order valence-electron chi connectivity index (χ2n) is 5.28. The van der Waals surface area contributed by atoms with Gasteiger partial charge >= 0.3 is 5.97 Å². The Kier molecular flexibility index (Phi) is 4.18. The molecule has 0 saturated carbocycles. The zero-order chi connectivity index (χ0) is 17.3. The van der Waals surface area contributed by atoms with Gasteiger partial charge in [0.15, 0.2) is 35.2 Å².